The lowest BCUT2D eigenvalue weighted by atomic mass is 10.0. The molecule has 2 aliphatic rings. The number of rotatable bonds is 7. The van der Waals surface area contributed by atoms with E-state index in [-0.39, 0.29) is 35.7 Å². The predicted octanol–water partition coefficient (Wildman–Crippen LogP) is 1.27. The predicted molar refractivity (Wildman–Crippen MR) is 107 cm³/mol. The lowest BCUT2D eigenvalue weighted by Crippen LogP contribution is -2.48. The molecule has 1 aliphatic heterocycles. The molecule has 12 heteroatoms. The monoisotopic (exact) mass is 448 g/mol. The Hall–Kier alpha value is -2.44. The highest BCUT2D eigenvalue weighted by Gasteiger charge is 2.41. The van der Waals surface area contributed by atoms with Crippen LogP contribution in [0.25, 0.3) is 11.0 Å². The largest absolute Gasteiger partial charge is 0.345 e. The van der Waals surface area contributed by atoms with Crippen molar-refractivity contribution < 1.29 is 17.7 Å². The van der Waals surface area contributed by atoms with E-state index in [0.717, 1.165) is 24.6 Å². The van der Waals surface area contributed by atoms with E-state index < -0.39 is 10.0 Å². The Morgan fingerprint density at radius 3 is 2.87 bits per heavy atom. The average Bonchev–Trinajstić information content (AvgIpc) is 3.24. The van der Waals surface area contributed by atoms with Crippen LogP contribution in [0.15, 0.2) is 27.6 Å². The van der Waals surface area contributed by atoms with Gasteiger partial charge in [-0.2, -0.15) is 18.0 Å². The summed E-state index contributed by atoms with van der Waals surface area (Å²) in [6.45, 7) is 1.08. The van der Waals surface area contributed by atoms with Crippen molar-refractivity contribution >= 4 is 38.7 Å². The summed E-state index contributed by atoms with van der Waals surface area (Å²) in [5.74, 6) is 1.18. The minimum absolute atomic E-state index is 0.139. The molecule has 0 atom stereocenters. The molecule has 3 heterocycles. The molecule has 1 saturated carbocycles. The van der Waals surface area contributed by atoms with E-state index in [9.17, 15) is 13.2 Å². The highest BCUT2D eigenvalue weighted by molar-refractivity contribution is 7.89. The number of likely N-dealkylation sites (N-methyl/N-ethyl adjacent to an activating group) is 1. The van der Waals surface area contributed by atoms with Crippen molar-refractivity contribution in [1.82, 2.24) is 28.1 Å². The smallest absolute Gasteiger partial charge is 0.245 e. The number of aromatic nitrogens is 4. The lowest BCUT2D eigenvalue weighted by Gasteiger charge is -2.35. The molecule has 2 fully saturated rings. The van der Waals surface area contributed by atoms with Crippen LogP contribution in [-0.4, -0.2) is 69.1 Å². The first-order valence-electron chi connectivity index (χ1n) is 9.72. The molecule has 158 valence electrons. The van der Waals surface area contributed by atoms with E-state index >= 15 is 0 Å². The molecule has 1 saturated heterocycles. The third-order valence-electron chi connectivity index (χ3n) is 5.52. The third-order valence-corrected chi connectivity index (χ3v) is 7.93. The SMILES string of the molecule is CN(CCc1noc(C2CN(S(=O)(=O)c3cccc4nsnc34)C2)n1)C(=O)C1CC1. The second-order valence-corrected chi connectivity index (χ2v) is 10.2. The van der Waals surface area contributed by atoms with Crippen molar-refractivity contribution in [2.75, 3.05) is 26.7 Å². The first kappa shape index (κ1) is 19.5. The van der Waals surface area contributed by atoms with Crippen LogP contribution < -0.4 is 0 Å². The number of amides is 1. The molecule has 0 N–H and O–H groups in total. The second-order valence-electron chi connectivity index (χ2n) is 7.74. The van der Waals surface area contributed by atoms with Gasteiger partial charge in [0, 0.05) is 39.0 Å². The molecule has 0 bridgehead atoms. The Morgan fingerprint density at radius 2 is 2.10 bits per heavy atom. The Morgan fingerprint density at radius 1 is 1.30 bits per heavy atom. The van der Waals surface area contributed by atoms with Crippen LogP contribution in [0.3, 0.4) is 0 Å². The maximum absolute atomic E-state index is 13.0. The van der Waals surface area contributed by atoms with Gasteiger partial charge in [-0.1, -0.05) is 11.2 Å². The number of sulfonamides is 1. The van der Waals surface area contributed by atoms with Gasteiger partial charge in [-0.25, -0.2) is 8.42 Å². The number of carbonyl (C=O) groups excluding carboxylic acids is 1. The minimum Gasteiger partial charge on any atom is -0.345 e. The Balaban J connectivity index is 1.21. The third kappa shape index (κ3) is 3.48. The van der Waals surface area contributed by atoms with E-state index in [1.165, 1.54) is 4.31 Å². The van der Waals surface area contributed by atoms with Gasteiger partial charge in [-0.15, -0.1) is 0 Å². The summed E-state index contributed by atoms with van der Waals surface area (Å²) < 4.78 is 40.9. The normalized spacial score (nSPS) is 17.9. The van der Waals surface area contributed by atoms with Gasteiger partial charge in [0.05, 0.1) is 17.6 Å². The van der Waals surface area contributed by atoms with Crippen molar-refractivity contribution in [1.29, 1.82) is 0 Å². The summed E-state index contributed by atoms with van der Waals surface area (Å²) in [7, 11) is -1.88. The molecule has 0 unspecified atom stereocenters. The van der Waals surface area contributed by atoms with Gasteiger partial charge in [0.25, 0.3) is 0 Å². The summed E-state index contributed by atoms with van der Waals surface area (Å²) in [4.78, 5) is 18.3. The van der Waals surface area contributed by atoms with E-state index in [1.54, 1.807) is 30.1 Å². The molecule has 0 spiro atoms. The fourth-order valence-electron chi connectivity index (χ4n) is 3.47. The average molecular weight is 449 g/mol. The number of fused-ring (bicyclic) bond motifs is 1. The molecule has 10 nitrogen and oxygen atoms in total. The lowest BCUT2D eigenvalue weighted by molar-refractivity contribution is -0.131. The van der Waals surface area contributed by atoms with Crippen LogP contribution in [-0.2, 0) is 21.2 Å². The maximum Gasteiger partial charge on any atom is 0.245 e. The topological polar surface area (TPSA) is 122 Å². The highest BCUT2D eigenvalue weighted by Crippen LogP contribution is 2.33. The Labute approximate surface area is 177 Å². The van der Waals surface area contributed by atoms with Gasteiger partial charge < -0.3 is 9.42 Å². The molecule has 5 rings (SSSR count). The highest BCUT2D eigenvalue weighted by atomic mass is 32.2. The summed E-state index contributed by atoms with van der Waals surface area (Å²) in [5.41, 5.74) is 0.973. The number of nitrogens with zero attached hydrogens (tertiary/aromatic N) is 6. The number of benzene rings is 1. The second kappa shape index (κ2) is 7.36. The Kier molecular flexibility index (Phi) is 4.79. The molecule has 3 aromatic rings. The summed E-state index contributed by atoms with van der Waals surface area (Å²) in [5, 5.41) is 3.98. The summed E-state index contributed by atoms with van der Waals surface area (Å²) >= 11 is 0.993. The number of hydrogen-bond donors (Lipinski definition) is 0. The van der Waals surface area contributed by atoms with Crippen molar-refractivity contribution in [3.05, 3.63) is 29.9 Å². The van der Waals surface area contributed by atoms with E-state index in [2.05, 4.69) is 18.9 Å². The first-order chi connectivity index (χ1) is 14.4. The number of hydrogen-bond acceptors (Lipinski definition) is 9. The quantitative estimate of drug-likeness (QED) is 0.530. The first-order valence-corrected chi connectivity index (χ1v) is 11.9. The van der Waals surface area contributed by atoms with Gasteiger partial charge in [0.1, 0.15) is 15.9 Å². The van der Waals surface area contributed by atoms with Crippen molar-refractivity contribution in [2.45, 2.75) is 30.1 Å². The zero-order valence-electron chi connectivity index (χ0n) is 16.3. The molecule has 1 aromatic carbocycles. The van der Waals surface area contributed by atoms with E-state index in [0.29, 0.717) is 35.7 Å². The van der Waals surface area contributed by atoms with Crippen LogP contribution in [0.2, 0.25) is 0 Å². The standard InChI is InChI=1S/C18H20N6O4S2/c1-23(18(25)11-5-6-11)8-7-15-19-17(28-20-15)12-9-24(10-12)30(26,27)14-4-2-3-13-16(14)22-29-21-13/h2-4,11-12H,5-10H2,1H3. The molecule has 1 amide bonds. The zero-order chi connectivity index (χ0) is 20.9. The molecular weight excluding hydrogens is 428 g/mol. The molecule has 0 radical (unpaired) electrons. The zero-order valence-corrected chi connectivity index (χ0v) is 17.9. The molecule has 30 heavy (non-hydrogen) atoms. The summed E-state index contributed by atoms with van der Waals surface area (Å²) in [6.07, 6.45) is 2.46. The molecule has 1 aliphatic carbocycles. The number of carbonyl (C=O) groups is 1. The fourth-order valence-corrected chi connectivity index (χ4v) is 5.76. The molecule has 2 aromatic heterocycles. The van der Waals surface area contributed by atoms with Gasteiger partial charge >= 0.3 is 0 Å². The van der Waals surface area contributed by atoms with Crippen LogP contribution >= 0.6 is 11.7 Å². The Bertz CT molecular complexity index is 1200. The van der Waals surface area contributed by atoms with Crippen LogP contribution in [0, 0.1) is 5.92 Å². The molecular formula is C18H20N6O4S2. The van der Waals surface area contributed by atoms with Crippen molar-refractivity contribution in [3.63, 3.8) is 0 Å². The van der Waals surface area contributed by atoms with Gasteiger partial charge in [-0.3, -0.25) is 4.79 Å². The van der Waals surface area contributed by atoms with Gasteiger partial charge in [-0.05, 0) is 25.0 Å². The van der Waals surface area contributed by atoms with Crippen LogP contribution in [0.1, 0.15) is 30.5 Å². The van der Waals surface area contributed by atoms with Gasteiger partial charge in [0.2, 0.25) is 21.8 Å². The fraction of sp³-hybridized carbons (Fsp3) is 0.500. The summed E-state index contributed by atoms with van der Waals surface area (Å²) in [6, 6.07) is 4.96. The maximum atomic E-state index is 13.0. The van der Waals surface area contributed by atoms with Crippen LogP contribution in [0.5, 0.6) is 0 Å². The van der Waals surface area contributed by atoms with E-state index in [1.807, 2.05) is 0 Å². The van der Waals surface area contributed by atoms with Crippen molar-refractivity contribution in [2.24, 2.45) is 5.92 Å². The minimum atomic E-state index is -3.66. The van der Waals surface area contributed by atoms with Crippen molar-refractivity contribution in [3.8, 4) is 0 Å². The van der Waals surface area contributed by atoms with Gasteiger partial charge in [0.15, 0.2) is 5.82 Å². The van der Waals surface area contributed by atoms with Crippen LogP contribution in [0.4, 0.5) is 0 Å². The van der Waals surface area contributed by atoms with E-state index in [4.69, 9.17) is 4.52 Å².